The van der Waals surface area contributed by atoms with Gasteiger partial charge in [0.15, 0.2) is 0 Å². The molecule has 0 fully saturated rings. The molecule has 0 aliphatic carbocycles. The summed E-state index contributed by atoms with van der Waals surface area (Å²) < 4.78 is 4.16. The first kappa shape index (κ1) is 9.39. The zero-order valence-corrected chi connectivity index (χ0v) is 8.49. The van der Waals surface area contributed by atoms with Crippen molar-refractivity contribution in [3.63, 3.8) is 0 Å². The van der Waals surface area contributed by atoms with Crippen molar-refractivity contribution in [2.45, 2.75) is 4.90 Å². The fourth-order valence-corrected chi connectivity index (χ4v) is 2.75. The Morgan fingerprint density at radius 2 is 2.18 bits per heavy atom. The van der Waals surface area contributed by atoms with Crippen LogP contribution in [-0.4, -0.2) is 0 Å². The van der Waals surface area contributed by atoms with Gasteiger partial charge in [0.05, 0.1) is 5.69 Å². The molecule has 1 heterocycles. The second-order valence-corrected chi connectivity index (χ2v) is 4.18. The summed E-state index contributed by atoms with van der Waals surface area (Å²) in [4.78, 5) is 1.16. The molecule has 0 bridgehead atoms. The van der Waals surface area contributed by atoms with Crippen LogP contribution in [0.15, 0.2) is 23.1 Å². The summed E-state index contributed by atoms with van der Waals surface area (Å²) >= 11 is 5.76. The SMILES string of the molecule is Cl.Clc1ccc2c(c1)SS[N]2. The van der Waals surface area contributed by atoms with E-state index >= 15 is 0 Å². The smallest absolute Gasteiger partial charge is 0.0869 e. The Morgan fingerprint density at radius 1 is 1.36 bits per heavy atom. The second-order valence-electron chi connectivity index (χ2n) is 1.86. The molecule has 1 nitrogen and oxygen atoms in total. The standard InChI is InChI=1S/C6H3ClNS2.ClH/c7-4-1-2-5-6(3-4)9-10-8-5;/h1-3H;1H. The molecule has 0 atom stereocenters. The third kappa shape index (κ3) is 1.90. The van der Waals surface area contributed by atoms with Gasteiger partial charge in [0, 0.05) is 20.9 Å². The summed E-state index contributed by atoms with van der Waals surface area (Å²) in [5, 5.41) is 0.781. The second kappa shape index (κ2) is 3.81. The summed E-state index contributed by atoms with van der Waals surface area (Å²) in [6.07, 6.45) is 0. The summed E-state index contributed by atoms with van der Waals surface area (Å²) in [5.41, 5.74) is 1.04. The van der Waals surface area contributed by atoms with Crippen LogP contribution in [0.4, 0.5) is 5.69 Å². The minimum Gasteiger partial charge on any atom is -0.204 e. The third-order valence-corrected chi connectivity index (χ3v) is 3.26. The average molecular weight is 225 g/mol. The molecule has 1 aromatic carbocycles. The fraction of sp³-hybridized carbons (Fsp3) is 0. The molecule has 0 N–H and O–H groups in total. The number of halogens is 2. The molecule has 2 rings (SSSR count). The lowest BCUT2D eigenvalue weighted by molar-refractivity contribution is 1.31. The highest BCUT2D eigenvalue weighted by Crippen LogP contribution is 2.45. The van der Waals surface area contributed by atoms with Crippen LogP contribution in [0.1, 0.15) is 0 Å². The summed E-state index contributed by atoms with van der Waals surface area (Å²) in [6, 6.07) is 5.73. The van der Waals surface area contributed by atoms with Crippen molar-refractivity contribution in [2.24, 2.45) is 0 Å². The van der Waals surface area contributed by atoms with Crippen molar-refractivity contribution in [3.8, 4) is 0 Å². The van der Waals surface area contributed by atoms with E-state index in [0.717, 1.165) is 15.6 Å². The zero-order chi connectivity index (χ0) is 6.97. The lowest BCUT2D eigenvalue weighted by atomic mass is 10.3. The first-order valence-electron chi connectivity index (χ1n) is 2.70. The highest BCUT2D eigenvalue weighted by Gasteiger charge is 2.12. The van der Waals surface area contributed by atoms with Gasteiger partial charge in [-0.2, -0.15) is 0 Å². The molecule has 59 valence electrons. The summed E-state index contributed by atoms with van der Waals surface area (Å²) in [5.74, 6) is 0. The largest absolute Gasteiger partial charge is 0.204 e. The van der Waals surface area contributed by atoms with Gasteiger partial charge in [0.2, 0.25) is 0 Å². The van der Waals surface area contributed by atoms with E-state index in [-0.39, 0.29) is 12.4 Å². The maximum Gasteiger partial charge on any atom is 0.0869 e. The Hall–Kier alpha value is 0.300. The Morgan fingerprint density at radius 3 is 3.00 bits per heavy atom. The van der Waals surface area contributed by atoms with Crippen LogP contribution in [0, 0.1) is 0 Å². The zero-order valence-electron chi connectivity index (χ0n) is 5.28. The van der Waals surface area contributed by atoms with Crippen LogP contribution in [0.2, 0.25) is 5.02 Å². The summed E-state index contributed by atoms with van der Waals surface area (Å²) in [6.45, 7) is 0. The van der Waals surface area contributed by atoms with Crippen molar-refractivity contribution >= 4 is 51.5 Å². The van der Waals surface area contributed by atoms with Gasteiger partial charge < -0.3 is 0 Å². The van der Waals surface area contributed by atoms with E-state index in [1.165, 1.54) is 11.0 Å². The Bertz CT molecular complexity index is 267. The van der Waals surface area contributed by atoms with Crippen LogP contribution in [0.3, 0.4) is 0 Å². The van der Waals surface area contributed by atoms with Gasteiger partial charge in [-0.1, -0.05) is 11.6 Å². The van der Waals surface area contributed by atoms with E-state index in [0.29, 0.717) is 0 Å². The van der Waals surface area contributed by atoms with Crippen molar-refractivity contribution in [3.05, 3.63) is 23.2 Å². The normalized spacial score (nSPS) is 13.2. The quantitative estimate of drug-likeness (QED) is 0.494. The number of fused-ring (bicyclic) bond motifs is 1. The first-order valence-corrected chi connectivity index (χ1v) is 5.19. The monoisotopic (exact) mass is 224 g/mol. The molecule has 5 heteroatoms. The van der Waals surface area contributed by atoms with Gasteiger partial charge in [0.1, 0.15) is 0 Å². The molecule has 11 heavy (non-hydrogen) atoms. The average Bonchev–Trinajstić information content (AvgIpc) is 2.33. The molecule has 1 aromatic rings. The maximum atomic E-state index is 5.76. The van der Waals surface area contributed by atoms with Crippen LogP contribution in [0.25, 0.3) is 0 Å². The van der Waals surface area contributed by atoms with Gasteiger partial charge in [-0.25, -0.2) is 4.72 Å². The van der Waals surface area contributed by atoms with Gasteiger partial charge in [0.25, 0.3) is 0 Å². The maximum absolute atomic E-state index is 5.76. The summed E-state index contributed by atoms with van der Waals surface area (Å²) in [7, 11) is 3.14. The van der Waals surface area contributed by atoms with Crippen LogP contribution < -0.4 is 4.72 Å². The molecule has 0 aromatic heterocycles. The van der Waals surface area contributed by atoms with E-state index in [1.807, 2.05) is 18.2 Å². The van der Waals surface area contributed by atoms with E-state index in [9.17, 15) is 0 Å². The molecular weight excluding hydrogens is 221 g/mol. The molecule has 0 unspecified atom stereocenters. The Labute approximate surface area is 84.2 Å². The third-order valence-electron chi connectivity index (χ3n) is 1.18. The molecular formula is C6H4Cl2NS2. The minimum absolute atomic E-state index is 0. The van der Waals surface area contributed by atoms with Crippen molar-refractivity contribution < 1.29 is 0 Å². The molecule has 1 radical (unpaired) electrons. The predicted octanol–water partition coefficient (Wildman–Crippen LogP) is 3.67. The van der Waals surface area contributed by atoms with Crippen LogP contribution >= 0.6 is 45.8 Å². The van der Waals surface area contributed by atoms with E-state index in [4.69, 9.17) is 11.6 Å². The van der Waals surface area contributed by atoms with Crippen molar-refractivity contribution in [1.29, 1.82) is 0 Å². The van der Waals surface area contributed by atoms with Gasteiger partial charge in [-0.15, -0.1) is 12.4 Å². The molecule has 0 spiro atoms. The van der Waals surface area contributed by atoms with Gasteiger partial charge >= 0.3 is 0 Å². The molecule has 1 aliphatic heterocycles. The number of hydrogen-bond donors (Lipinski definition) is 0. The molecule has 0 saturated heterocycles. The highest BCUT2D eigenvalue weighted by atomic mass is 35.5. The van der Waals surface area contributed by atoms with Gasteiger partial charge in [-0.3, -0.25) is 0 Å². The van der Waals surface area contributed by atoms with E-state index in [2.05, 4.69) is 4.72 Å². The lowest BCUT2D eigenvalue weighted by Gasteiger charge is -1.92. The van der Waals surface area contributed by atoms with E-state index < -0.39 is 0 Å². The van der Waals surface area contributed by atoms with Crippen molar-refractivity contribution in [2.75, 3.05) is 0 Å². The molecule has 0 amide bonds. The number of nitrogens with zero attached hydrogens (tertiary/aromatic N) is 1. The molecule has 0 saturated carbocycles. The Kier molecular flexibility index (Phi) is 3.25. The molecule has 1 aliphatic rings. The lowest BCUT2D eigenvalue weighted by Crippen LogP contribution is -1.75. The number of rotatable bonds is 0. The first-order chi connectivity index (χ1) is 4.86. The number of hydrogen-bond acceptors (Lipinski definition) is 2. The van der Waals surface area contributed by atoms with Gasteiger partial charge in [-0.05, 0) is 29.0 Å². The van der Waals surface area contributed by atoms with Crippen LogP contribution in [0.5, 0.6) is 0 Å². The highest BCUT2D eigenvalue weighted by molar-refractivity contribution is 8.76. The van der Waals surface area contributed by atoms with E-state index in [1.54, 1.807) is 10.8 Å². The van der Waals surface area contributed by atoms with Crippen molar-refractivity contribution in [1.82, 2.24) is 4.72 Å². The van der Waals surface area contributed by atoms with Crippen LogP contribution in [-0.2, 0) is 0 Å². The Balaban J connectivity index is 0.000000605. The predicted molar refractivity (Wildman–Crippen MR) is 53.9 cm³/mol. The minimum atomic E-state index is 0. The number of benzene rings is 1. The topological polar surface area (TPSA) is 14.1 Å². The fourth-order valence-electron chi connectivity index (χ4n) is 0.729.